The number of hydrogen-bond acceptors (Lipinski definition) is 4. The van der Waals surface area contributed by atoms with Gasteiger partial charge in [-0.25, -0.2) is 0 Å². The first-order valence-electron chi connectivity index (χ1n) is 2.51. The van der Waals surface area contributed by atoms with Crippen molar-refractivity contribution in [2.24, 2.45) is 0 Å². The zero-order chi connectivity index (χ0) is 8.43. The molecule has 7 heteroatoms. The van der Waals surface area contributed by atoms with E-state index < -0.39 is 26.0 Å². The van der Waals surface area contributed by atoms with Crippen molar-refractivity contribution in [3.05, 3.63) is 8.87 Å². The topological polar surface area (TPSA) is 93.7 Å². The van der Waals surface area contributed by atoms with E-state index in [4.69, 9.17) is 10.5 Å². The monoisotopic (exact) mass is 258 g/mol. The number of nitrogens with zero attached hydrogens (tertiary/aromatic N) is 2. The molecule has 0 spiro atoms. The van der Waals surface area contributed by atoms with Gasteiger partial charge in [0.15, 0.2) is 0 Å². The third kappa shape index (κ3) is 3.32. The van der Waals surface area contributed by atoms with E-state index in [0.717, 1.165) is 0 Å². The molecule has 1 heterocycles. The minimum absolute atomic E-state index is 0. The summed E-state index contributed by atoms with van der Waals surface area (Å²) in [4.78, 5) is 0. The standard InChI is InChI=1S/C6H2N2O2Se.2Na/c7-1-3-5(9)6(10)4(2-8)11-3;;/h9-10H;;/q;2*+1/p-2. The van der Waals surface area contributed by atoms with Crippen LogP contribution in [0.4, 0.5) is 0 Å². The Kier molecular flexibility index (Phi) is 8.57. The van der Waals surface area contributed by atoms with Crippen LogP contribution in [0.3, 0.4) is 0 Å². The normalized spacial score (nSPS) is 7.23. The molecule has 54 valence electrons. The Bertz CT molecular complexity index is 343. The van der Waals surface area contributed by atoms with E-state index >= 15 is 0 Å². The maximum atomic E-state index is 10.7. The first-order valence-corrected chi connectivity index (χ1v) is 4.23. The first kappa shape index (κ1) is 16.0. The van der Waals surface area contributed by atoms with Gasteiger partial charge in [-0.05, 0) is 0 Å². The summed E-state index contributed by atoms with van der Waals surface area (Å²) in [5, 5.41) is 38.1. The van der Waals surface area contributed by atoms with Crippen molar-refractivity contribution in [1.29, 1.82) is 10.5 Å². The predicted octanol–water partition coefficient (Wildman–Crippen LogP) is -7.36. The fourth-order valence-corrected chi connectivity index (χ4v) is 1.95. The van der Waals surface area contributed by atoms with Crippen molar-refractivity contribution in [3.8, 4) is 23.6 Å². The van der Waals surface area contributed by atoms with E-state index in [1.807, 2.05) is 0 Å². The van der Waals surface area contributed by atoms with E-state index in [0.29, 0.717) is 0 Å². The third-order valence-electron chi connectivity index (χ3n) is 1.03. The van der Waals surface area contributed by atoms with Crippen molar-refractivity contribution in [3.63, 3.8) is 0 Å². The Labute approximate surface area is 125 Å². The zero-order valence-electron chi connectivity index (χ0n) is 7.12. The summed E-state index contributed by atoms with van der Waals surface area (Å²) in [6, 6.07) is 3.22. The van der Waals surface area contributed by atoms with Gasteiger partial charge in [0, 0.05) is 0 Å². The first-order chi connectivity index (χ1) is 5.20. The van der Waals surface area contributed by atoms with Crippen LogP contribution < -0.4 is 69.3 Å². The fraction of sp³-hybridized carbons (Fsp3) is 0. The molecule has 0 atom stereocenters. The van der Waals surface area contributed by atoms with Crippen LogP contribution in [0.5, 0.6) is 11.5 Å². The maximum Gasteiger partial charge on any atom is 1.00 e. The van der Waals surface area contributed by atoms with E-state index in [1.165, 1.54) is 0 Å². The van der Waals surface area contributed by atoms with Gasteiger partial charge < -0.3 is 0 Å². The van der Waals surface area contributed by atoms with Gasteiger partial charge in [0.05, 0.1) is 0 Å². The number of rotatable bonds is 0. The molecule has 0 fully saturated rings. The molecule has 0 saturated carbocycles. The number of nitriles is 2. The maximum absolute atomic E-state index is 10.7. The predicted molar refractivity (Wildman–Crippen MR) is 31.7 cm³/mol. The molecule has 0 amide bonds. The minimum Gasteiger partial charge on any atom is 1.00 e. The quantitative estimate of drug-likeness (QED) is 0.431. The summed E-state index contributed by atoms with van der Waals surface area (Å²) in [5.41, 5.74) is 0. The second-order valence-electron chi connectivity index (χ2n) is 1.64. The van der Waals surface area contributed by atoms with Gasteiger partial charge in [-0.1, -0.05) is 0 Å². The molecule has 4 nitrogen and oxygen atoms in total. The van der Waals surface area contributed by atoms with Crippen LogP contribution in [0.15, 0.2) is 0 Å². The zero-order valence-corrected chi connectivity index (χ0v) is 12.8. The van der Waals surface area contributed by atoms with Crippen molar-refractivity contribution in [2.45, 2.75) is 0 Å². The third-order valence-corrected chi connectivity index (χ3v) is 3.04. The molecular weight excluding hydrogens is 257 g/mol. The smallest absolute Gasteiger partial charge is 1.00 e. The molecule has 0 saturated heterocycles. The average molecular weight is 257 g/mol. The summed E-state index contributed by atoms with van der Waals surface area (Å²) in [6.07, 6.45) is 0. The molecule has 0 bridgehead atoms. The summed E-state index contributed by atoms with van der Waals surface area (Å²) >= 11 is -0.641. The van der Waals surface area contributed by atoms with Crippen molar-refractivity contribution in [2.75, 3.05) is 0 Å². The Hall–Kier alpha value is 0.579. The van der Waals surface area contributed by atoms with Crippen LogP contribution in [0.2, 0.25) is 0 Å². The van der Waals surface area contributed by atoms with Crippen molar-refractivity contribution < 1.29 is 69.3 Å². The molecule has 0 aliphatic heterocycles. The summed E-state index contributed by atoms with van der Waals surface area (Å²) in [6.45, 7) is 0. The van der Waals surface area contributed by atoms with Gasteiger partial charge in [-0.2, -0.15) is 0 Å². The van der Waals surface area contributed by atoms with Crippen LogP contribution in [-0.4, -0.2) is 14.5 Å². The SMILES string of the molecule is N#Cc1[se]c(C#N)c([O-])c1[O-].[Na+].[Na+]. The van der Waals surface area contributed by atoms with E-state index in [1.54, 1.807) is 12.1 Å². The molecule has 13 heavy (non-hydrogen) atoms. The molecule has 1 aromatic rings. The van der Waals surface area contributed by atoms with Gasteiger partial charge in [-0.15, -0.1) is 0 Å². The Morgan fingerprint density at radius 2 is 1.23 bits per heavy atom. The van der Waals surface area contributed by atoms with Gasteiger partial charge >= 0.3 is 127 Å². The van der Waals surface area contributed by atoms with E-state index in [-0.39, 0.29) is 68.0 Å². The van der Waals surface area contributed by atoms with Crippen LogP contribution in [0.1, 0.15) is 8.87 Å². The van der Waals surface area contributed by atoms with Crippen LogP contribution in [-0.2, 0) is 0 Å². The molecule has 0 aliphatic carbocycles. The largest absolute Gasteiger partial charge is 1.00 e. The molecule has 0 unspecified atom stereocenters. The van der Waals surface area contributed by atoms with Gasteiger partial charge in [0.2, 0.25) is 0 Å². The Morgan fingerprint density at radius 3 is 1.38 bits per heavy atom. The van der Waals surface area contributed by atoms with Gasteiger partial charge in [0.1, 0.15) is 0 Å². The van der Waals surface area contributed by atoms with Crippen molar-refractivity contribution >= 4 is 14.5 Å². The molecule has 0 radical (unpaired) electrons. The minimum atomic E-state index is -0.802. The number of hydrogen-bond donors (Lipinski definition) is 0. The van der Waals surface area contributed by atoms with Gasteiger partial charge in [-0.3, -0.25) is 0 Å². The summed E-state index contributed by atoms with van der Waals surface area (Å²) in [5.74, 6) is -1.60. The van der Waals surface area contributed by atoms with Crippen LogP contribution in [0, 0.1) is 22.7 Å². The van der Waals surface area contributed by atoms with E-state index in [2.05, 4.69) is 0 Å². The second kappa shape index (κ2) is 6.95. The van der Waals surface area contributed by atoms with Gasteiger partial charge in [0.25, 0.3) is 0 Å². The fourth-order valence-electron chi connectivity index (χ4n) is 0.548. The summed E-state index contributed by atoms with van der Waals surface area (Å²) in [7, 11) is 0. The molecule has 1 aromatic heterocycles. The van der Waals surface area contributed by atoms with E-state index in [9.17, 15) is 10.2 Å². The molecule has 0 aliphatic rings. The van der Waals surface area contributed by atoms with Crippen LogP contribution >= 0.6 is 0 Å². The Balaban J connectivity index is 0. The average Bonchev–Trinajstić information content (AvgIpc) is 2.30. The Morgan fingerprint density at radius 1 is 0.923 bits per heavy atom. The van der Waals surface area contributed by atoms with Crippen LogP contribution in [0.25, 0.3) is 0 Å². The molecule has 0 aromatic carbocycles. The second-order valence-corrected chi connectivity index (χ2v) is 3.78. The summed E-state index contributed by atoms with van der Waals surface area (Å²) < 4.78 is -0.141. The molecular formula is C6N2Na2O2Se. The molecule has 0 N–H and O–H groups in total. The molecule has 1 rings (SSSR count). The van der Waals surface area contributed by atoms with Crippen molar-refractivity contribution in [1.82, 2.24) is 0 Å².